The van der Waals surface area contributed by atoms with Crippen LogP contribution >= 0.6 is 0 Å². The number of nitrogens with one attached hydrogen (secondary N) is 1. The zero-order valence-electron chi connectivity index (χ0n) is 20.7. The lowest BCUT2D eigenvalue weighted by atomic mass is 10.1. The van der Waals surface area contributed by atoms with E-state index in [2.05, 4.69) is 20.7 Å². The molecule has 0 aliphatic heterocycles. The minimum absolute atomic E-state index is 0.171. The molecule has 4 rings (SSSR count). The van der Waals surface area contributed by atoms with Gasteiger partial charge in [-0.15, -0.1) is 10.2 Å². The Morgan fingerprint density at radius 3 is 2.42 bits per heavy atom. The summed E-state index contributed by atoms with van der Waals surface area (Å²) in [5.41, 5.74) is -0.429. The lowest BCUT2D eigenvalue weighted by Crippen LogP contribution is -2.50. The van der Waals surface area contributed by atoms with Crippen molar-refractivity contribution in [3.63, 3.8) is 0 Å². The van der Waals surface area contributed by atoms with Gasteiger partial charge < -0.3 is 14.2 Å². The molecule has 0 saturated heterocycles. The third kappa shape index (κ3) is 5.68. The molecule has 3 heterocycles. The van der Waals surface area contributed by atoms with Gasteiger partial charge in [-0.1, -0.05) is 6.07 Å². The number of rotatable bonds is 7. The van der Waals surface area contributed by atoms with E-state index in [9.17, 15) is 14.0 Å². The predicted molar refractivity (Wildman–Crippen MR) is 128 cm³/mol. The number of hydrogen-bond acceptors (Lipinski definition) is 7. The van der Waals surface area contributed by atoms with Gasteiger partial charge in [0.2, 0.25) is 5.82 Å². The summed E-state index contributed by atoms with van der Waals surface area (Å²) in [6.07, 6.45) is 0. The number of hydrogen-bond donors (Lipinski definition) is 1. The average molecular weight is 495 g/mol. The highest BCUT2D eigenvalue weighted by Gasteiger charge is 2.37. The maximum Gasteiger partial charge on any atom is 0.251 e. The molecule has 0 fully saturated rings. The Balaban J connectivity index is 1.73. The molecular weight excluding hydrogens is 467 g/mol. The number of benzene rings is 1. The number of aryl methyl sites for hydroxylation is 2. The largest absolute Gasteiger partial charge is 0.464 e. The zero-order valence-corrected chi connectivity index (χ0v) is 20.7. The topological polar surface area (TPSA) is 119 Å². The Bertz CT molecular complexity index is 1380. The first-order chi connectivity index (χ1) is 17.0. The van der Waals surface area contributed by atoms with Crippen LogP contribution in [0.1, 0.15) is 44.1 Å². The Hall–Kier alpha value is -4.28. The Morgan fingerprint density at radius 1 is 1.08 bits per heavy atom. The number of furan rings is 2. The summed E-state index contributed by atoms with van der Waals surface area (Å²) in [4.78, 5) is 29.5. The number of nitrogens with zero attached hydrogens (tertiary/aromatic N) is 5. The van der Waals surface area contributed by atoms with E-state index in [4.69, 9.17) is 8.83 Å². The number of halogens is 1. The molecule has 188 valence electrons. The van der Waals surface area contributed by atoms with Crippen LogP contribution in [-0.4, -0.2) is 37.6 Å². The number of aromatic nitrogens is 4. The minimum Gasteiger partial charge on any atom is -0.464 e. The molecule has 11 heteroatoms. The second kappa shape index (κ2) is 9.76. The van der Waals surface area contributed by atoms with E-state index in [-0.39, 0.29) is 23.8 Å². The maximum atomic E-state index is 14.2. The van der Waals surface area contributed by atoms with Crippen molar-refractivity contribution >= 4 is 17.5 Å². The average Bonchev–Trinajstić information content (AvgIpc) is 3.52. The summed E-state index contributed by atoms with van der Waals surface area (Å²) in [6.45, 7) is 8.60. The highest BCUT2D eigenvalue weighted by Crippen LogP contribution is 2.30. The highest BCUT2D eigenvalue weighted by molar-refractivity contribution is 6.01. The zero-order chi connectivity index (χ0) is 26.0. The van der Waals surface area contributed by atoms with Crippen LogP contribution < -0.4 is 10.2 Å². The summed E-state index contributed by atoms with van der Waals surface area (Å²) in [5.74, 6) is 0.433. The van der Waals surface area contributed by atoms with Gasteiger partial charge in [0.1, 0.15) is 29.6 Å². The molecule has 4 aromatic rings. The second-order valence-corrected chi connectivity index (χ2v) is 9.39. The molecule has 0 aliphatic carbocycles. The van der Waals surface area contributed by atoms with Crippen molar-refractivity contribution in [2.75, 3.05) is 4.90 Å². The highest BCUT2D eigenvalue weighted by atomic mass is 19.1. The number of carbonyl (C=O) groups excluding carboxylic acids is 2. The van der Waals surface area contributed by atoms with E-state index in [1.807, 2.05) is 20.8 Å². The Morgan fingerprint density at radius 2 is 1.81 bits per heavy atom. The van der Waals surface area contributed by atoms with Crippen molar-refractivity contribution in [1.29, 1.82) is 0 Å². The first-order valence-electron chi connectivity index (χ1n) is 11.3. The first kappa shape index (κ1) is 24.8. The van der Waals surface area contributed by atoms with Crippen LogP contribution in [0.3, 0.4) is 0 Å². The summed E-state index contributed by atoms with van der Waals surface area (Å²) >= 11 is 0. The van der Waals surface area contributed by atoms with Gasteiger partial charge in [0.05, 0.1) is 0 Å². The summed E-state index contributed by atoms with van der Waals surface area (Å²) in [6, 6.07) is 11.0. The summed E-state index contributed by atoms with van der Waals surface area (Å²) in [7, 11) is 0. The van der Waals surface area contributed by atoms with Crippen LogP contribution in [0, 0.1) is 19.7 Å². The third-order valence-corrected chi connectivity index (χ3v) is 5.08. The molecule has 0 aliphatic rings. The van der Waals surface area contributed by atoms with Crippen molar-refractivity contribution in [1.82, 2.24) is 25.5 Å². The lowest BCUT2D eigenvalue weighted by Gasteiger charge is -2.32. The summed E-state index contributed by atoms with van der Waals surface area (Å²) < 4.78 is 25.5. The van der Waals surface area contributed by atoms with Gasteiger partial charge in [0.25, 0.3) is 11.8 Å². The van der Waals surface area contributed by atoms with E-state index in [0.29, 0.717) is 17.3 Å². The standard InChI is InChI=1S/C25H27FN6O4/c1-15-9-11-19(35-15)22(24(34)27-25(3,4)5)32(18-8-6-7-17(26)13-18)21(33)14-31-29-23(28-30-31)20-12-10-16(2)36-20/h6-13,22H,14H2,1-5H3,(H,27,34). The van der Waals surface area contributed by atoms with Crippen LogP contribution in [-0.2, 0) is 16.1 Å². The molecule has 0 radical (unpaired) electrons. The third-order valence-electron chi connectivity index (χ3n) is 5.08. The fourth-order valence-corrected chi connectivity index (χ4v) is 3.64. The molecular formula is C25H27FN6O4. The molecule has 0 bridgehead atoms. The van der Waals surface area contributed by atoms with Crippen molar-refractivity contribution in [3.8, 4) is 11.6 Å². The molecule has 0 saturated carbocycles. The van der Waals surface area contributed by atoms with E-state index < -0.39 is 29.2 Å². The van der Waals surface area contributed by atoms with Gasteiger partial charge in [-0.25, -0.2) is 4.39 Å². The fraction of sp³-hybridized carbons (Fsp3) is 0.320. The maximum absolute atomic E-state index is 14.2. The Labute approximate surface area is 207 Å². The molecule has 0 spiro atoms. The normalized spacial score (nSPS) is 12.4. The summed E-state index contributed by atoms with van der Waals surface area (Å²) in [5, 5.41) is 15.0. The van der Waals surface area contributed by atoms with Gasteiger partial charge in [-0.3, -0.25) is 14.5 Å². The molecule has 1 atom stereocenters. The van der Waals surface area contributed by atoms with Crippen molar-refractivity contribution in [3.05, 3.63) is 71.6 Å². The van der Waals surface area contributed by atoms with Crippen LogP contribution in [0.4, 0.5) is 10.1 Å². The first-order valence-corrected chi connectivity index (χ1v) is 11.3. The molecule has 1 aromatic carbocycles. The van der Waals surface area contributed by atoms with Gasteiger partial charge in [-0.2, -0.15) is 4.80 Å². The molecule has 2 amide bonds. The molecule has 3 aromatic heterocycles. The predicted octanol–water partition coefficient (Wildman–Crippen LogP) is 3.97. The number of carbonyl (C=O) groups is 2. The van der Waals surface area contributed by atoms with E-state index in [1.165, 1.54) is 23.1 Å². The smallest absolute Gasteiger partial charge is 0.251 e. The number of anilines is 1. The van der Waals surface area contributed by atoms with Crippen molar-refractivity contribution in [2.45, 2.75) is 52.7 Å². The van der Waals surface area contributed by atoms with E-state index in [1.54, 1.807) is 44.2 Å². The van der Waals surface area contributed by atoms with Crippen LogP contribution in [0.2, 0.25) is 0 Å². The SMILES string of the molecule is Cc1ccc(-c2nnn(CC(=O)N(c3cccc(F)c3)C(C(=O)NC(C)(C)C)c3ccc(C)o3)n2)o1. The monoisotopic (exact) mass is 494 g/mol. The molecule has 1 N–H and O–H groups in total. The van der Waals surface area contributed by atoms with Crippen LogP contribution in [0.15, 0.2) is 57.4 Å². The molecule has 10 nitrogen and oxygen atoms in total. The van der Waals surface area contributed by atoms with E-state index >= 15 is 0 Å². The van der Waals surface area contributed by atoms with Gasteiger partial charge in [-0.05, 0) is 82.3 Å². The van der Waals surface area contributed by atoms with E-state index in [0.717, 1.165) is 4.80 Å². The lowest BCUT2D eigenvalue weighted by molar-refractivity contribution is -0.128. The quantitative estimate of drug-likeness (QED) is 0.413. The second-order valence-electron chi connectivity index (χ2n) is 9.39. The Kier molecular flexibility index (Phi) is 6.73. The number of amides is 2. The fourth-order valence-electron chi connectivity index (χ4n) is 3.64. The minimum atomic E-state index is -1.22. The van der Waals surface area contributed by atoms with Gasteiger partial charge in [0, 0.05) is 11.2 Å². The van der Waals surface area contributed by atoms with Crippen molar-refractivity contribution < 1.29 is 22.8 Å². The molecule has 36 heavy (non-hydrogen) atoms. The number of tetrazole rings is 1. The molecule has 1 unspecified atom stereocenters. The van der Waals surface area contributed by atoms with Gasteiger partial charge >= 0.3 is 0 Å². The van der Waals surface area contributed by atoms with Crippen LogP contribution in [0.5, 0.6) is 0 Å². The van der Waals surface area contributed by atoms with Gasteiger partial charge in [0.15, 0.2) is 11.8 Å². The van der Waals surface area contributed by atoms with Crippen LogP contribution in [0.25, 0.3) is 11.6 Å². The van der Waals surface area contributed by atoms with Crippen molar-refractivity contribution in [2.24, 2.45) is 0 Å².